The van der Waals surface area contributed by atoms with Gasteiger partial charge in [-0.25, -0.2) is 0 Å². The summed E-state index contributed by atoms with van der Waals surface area (Å²) in [5.74, 6) is 1.49. The number of likely N-dealkylation sites (tertiary alicyclic amines) is 1. The molecule has 0 spiro atoms. The van der Waals surface area contributed by atoms with E-state index in [1.165, 1.54) is 0 Å². The average molecular weight is 336 g/mol. The van der Waals surface area contributed by atoms with Crippen LogP contribution in [0.5, 0.6) is 11.5 Å². The molecule has 0 N–H and O–H groups in total. The van der Waals surface area contributed by atoms with Gasteiger partial charge in [0.15, 0.2) is 11.5 Å². The van der Waals surface area contributed by atoms with Crippen molar-refractivity contribution >= 4 is 5.91 Å². The predicted octanol–water partition coefficient (Wildman–Crippen LogP) is 1.69. The van der Waals surface area contributed by atoms with Crippen LogP contribution in [0.2, 0.25) is 0 Å². The molecule has 1 aromatic carbocycles. The number of rotatable bonds is 6. The zero-order valence-electron chi connectivity index (χ0n) is 15.5. The van der Waals surface area contributed by atoms with Crippen LogP contribution in [0.1, 0.15) is 17.5 Å². The van der Waals surface area contributed by atoms with Crippen molar-refractivity contribution in [3.8, 4) is 11.5 Å². The van der Waals surface area contributed by atoms with Crippen molar-refractivity contribution in [2.24, 2.45) is 0 Å². The van der Waals surface area contributed by atoms with E-state index in [1.807, 2.05) is 33.2 Å². The van der Waals surface area contributed by atoms with Crippen LogP contribution >= 0.6 is 0 Å². The Hall–Kier alpha value is -1.79. The van der Waals surface area contributed by atoms with E-state index in [0.717, 1.165) is 24.1 Å². The molecular weight excluding hydrogens is 308 g/mol. The van der Waals surface area contributed by atoms with Crippen LogP contribution in [-0.4, -0.2) is 69.8 Å². The number of ether oxygens (including phenoxy) is 3. The molecule has 1 heterocycles. The Labute approximate surface area is 144 Å². The van der Waals surface area contributed by atoms with Crippen molar-refractivity contribution in [1.29, 1.82) is 0 Å². The van der Waals surface area contributed by atoms with Gasteiger partial charge in [0.1, 0.15) is 0 Å². The number of likely N-dealkylation sites (N-methyl/N-ethyl adjacent to an activating group) is 2. The van der Waals surface area contributed by atoms with Gasteiger partial charge in [0.05, 0.1) is 26.4 Å². The summed E-state index contributed by atoms with van der Waals surface area (Å²) in [5.41, 5.74) is 2.12. The zero-order chi connectivity index (χ0) is 17.9. The van der Waals surface area contributed by atoms with Crippen LogP contribution in [0.4, 0.5) is 0 Å². The van der Waals surface area contributed by atoms with E-state index in [-0.39, 0.29) is 18.1 Å². The summed E-state index contributed by atoms with van der Waals surface area (Å²) in [5, 5.41) is 0. The van der Waals surface area contributed by atoms with Gasteiger partial charge in [-0.1, -0.05) is 0 Å². The second-order valence-electron chi connectivity index (χ2n) is 6.38. The van der Waals surface area contributed by atoms with E-state index in [9.17, 15) is 4.79 Å². The van der Waals surface area contributed by atoms with E-state index >= 15 is 0 Å². The molecule has 0 aliphatic carbocycles. The van der Waals surface area contributed by atoms with Gasteiger partial charge in [-0.15, -0.1) is 0 Å². The SMILES string of the molecule is COc1cc(C)c(CN(C)C(=O)[C@@H]2C[C@H](OC)CN2C)cc1OC. The van der Waals surface area contributed by atoms with Gasteiger partial charge in [0.25, 0.3) is 0 Å². The molecule has 0 radical (unpaired) electrons. The summed E-state index contributed by atoms with van der Waals surface area (Å²) in [4.78, 5) is 16.6. The summed E-state index contributed by atoms with van der Waals surface area (Å²) in [6.45, 7) is 3.33. The van der Waals surface area contributed by atoms with Gasteiger partial charge in [0, 0.05) is 27.2 Å². The third-order valence-corrected chi connectivity index (χ3v) is 4.75. The lowest BCUT2D eigenvalue weighted by molar-refractivity contribution is -0.134. The lowest BCUT2D eigenvalue weighted by atomic mass is 10.1. The van der Waals surface area contributed by atoms with Crippen molar-refractivity contribution in [2.75, 3.05) is 42.0 Å². The molecule has 0 aromatic heterocycles. The summed E-state index contributed by atoms with van der Waals surface area (Å²) in [7, 11) is 8.74. The Kier molecular flexibility index (Phi) is 6.07. The number of carbonyl (C=O) groups excluding carboxylic acids is 1. The minimum Gasteiger partial charge on any atom is -0.493 e. The van der Waals surface area contributed by atoms with Gasteiger partial charge >= 0.3 is 0 Å². The first-order valence-corrected chi connectivity index (χ1v) is 8.10. The molecule has 1 aliphatic heterocycles. The minimum atomic E-state index is -0.125. The molecule has 1 saturated heterocycles. The first-order valence-electron chi connectivity index (χ1n) is 8.10. The number of carbonyl (C=O) groups is 1. The van der Waals surface area contributed by atoms with Gasteiger partial charge in [-0.2, -0.15) is 0 Å². The van der Waals surface area contributed by atoms with Crippen molar-refractivity contribution in [2.45, 2.75) is 32.0 Å². The molecule has 0 unspecified atom stereocenters. The van der Waals surface area contributed by atoms with E-state index in [4.69, 9.17) is 14.2 Å². The lowest BCUT2D eigenvalue weighted by Crippen LogP contribution is -2.42. The topological polar surface area (TPSA) is 51.2 Å². The third kappa shape index (κ3) is 3.82. The maximum Gasteiger partial charge on any atom is 0.240 e. The maximum absolute atomic E-state index is 12.8. The molecule has 1 aromatic rings. The molecule has 24 heavy (non-hydrogen) atoms. The Morgan fingerprint density at radius 3 is 2.42 bits per heavy atom. The molecular formula is C18H28N2O4. The second-order valence-corrected chi connectivity index (χ2v) is 6.38. The molecule has 2 atom stereocenters. The average Bonchev–Trinajstić information content (AvgIpc) is 2.96. The normalized spacial score (nSPS) is 20.9. The minimum absolute atomic E-state index is 0.117. The second kappa shape index (κ2) is 7.85. The standard InChI is InChI=1S/C18H28N2O4/c1-12-7-16(23-5)17(24-6)8-13(12)10-20(3)18(21)15-9-14(22-4)11-19(15)2/h7-8,14-15H,9-11H2,1-6H3/t14-,15-/m0/s1. The Bertz CT molecular complexity index is 591. The number of aryl methyl sites for hydroxylation is 1. The monoisotopic (exact) mass is 336 g/mol. The number of benzene rings is 1. The lowest BCUT2D eigenvalue weighted by Gasteiger charge is -2.26. The van der Waals surface area contributed by atoms with Crippen molar-refractivity contribution in [1.82, 2.24) is 9.80 Å². The van der Waals surface area contributed by atoms with Gasteiger partial charge in [0.2, 0.25) is 5.91 Å². The van der Waals surface area contributed by atoms with Crippen LogP contribution in [-0.2, 0) is 16.1 Å². The molecule has 1 aliphatic rings. The maximum atomic E-state index is 12.8. The summed E-state index contributed by atoms with van der Waals surface area (Å²) in [6.07, 6.45) is 0.862. The largest absolute Gasteiger partial charge is 0.493 e. The fourth-order valence-electron chi connectivity index (χ4n) is 3.19. The highest BCUT2D eigenvalue weighted by Gasteiger charge is 2.36. The van der Waals surface area contributed by atoms with E-state index < -0.39 is 0 Å². The van der Waals surface area contributed by atoms with E-state index in [0.29, 0.717) is 18.0 Å². The fraction of sp³-hybridized carbons (Fsp3) is 0.611. The van der Waals surface area contributed by atoms with Crippen molar-refractivity contribution in [3.05, 3.63) is 23.3 Å². The van der Waals surface area contributed by atoms with Crippen LogP contribution in [0.15, 0.2) is 12.1 Å². The Morgan fingerprint density at radius 2 is 1.88 bits per heavy atom. The molecule has 1 amide bonds. The molecule has 0 saturated carbocycles. The van der Waals surface area contributed by atoms with Gasteiger partial charge in [-0.05, 0) is 43.7 Å². The first-order chi connectivity index (χ1) is 11.4. The van der Waals surface area contributed by atoms with E-state index in [1.54, 1.807) is 26.2 Å². The summed E-state index contributed by atoms with van der Waals surface area (Å²) < 4.78 is 16.1. The quantitative estimate of drug-likeness (QED) is 0.791. The number of hydrogen-bond donors (Lipinski definition) is 0. The fourth-order valence-corrected chi connectivity index (χ4v) is 3.19. The molecule has 2 rings (SSSR count). The van der Waals surface area contributed by atoms with Crippen molar-refractivity contribution < 1.29 is 19.0 Å². The number of amides is 1. The number of hydrogen-bond acceptors (Lipinski definition) is 5. The molecule has 1 fully saturated rings. The van der Waals surface area contributed by atoms with Crippen LogP contribution in [0.25, 0.3) is 0 Å². The summed E-state index contributed by atoms with van der Waals surface area (Å²) in [6, 6.07) is 3.75. The molecule has 0 bridgehead atoms. The highest BCUT2D eigenvalue weighted by molar-refractivity contribution is 5.82. The number of methoxy groups -OCH3 is 3. The molecule has 6 nitrogen and oxygen atoms in total. The highest BCUT2D eigenvalue weighted by Crippen LogP contribution is 2.31. The van der Waals surface area contributed by atoms with Crippen molar-refractivity contribution in [3.63, 3.8) is 0 Å². The van der Waals surface area contributed by atoms with Crippen LogP contribution in [0, 0.1) is 6.92 Å². The van der Waals surface area contributed by atoms with Crippen LogP contribution < -0.4 is 9.47 Å². The third-order valence-electron chi connectivity index (χ3n) is 4.75. The predicted molar refractivity (Wildman–Crippen MR) is 92.6 cm³/mol. The van der Waals surface area contributed by atoms with Gasteiger partial charge in [-0.3, -0.25) is 9.69 Å². The Balaban J connectivity index is 2.12. The highest BCUT2D eigenvalue weighted by atomic mass is 16.5. The van der Waals surface area contributed by atoms with Crippen LogP contribution in [0.3, 0.4) is 0 Å². The van der Waals surface area contributed by atoms with E-state index in [2.05, 4.69) is 4.90 Å². The number of nitrogens with zero attached hydrogens (tertiary/aromatic N) is 2. The molecule has 134 valence electrons. The smallest absolute Gasteiger partial charge is 0.240 e. The van der Waals surface area contributed by atoms with Gasteiger partial charge < -0.3 is 19.1 Å². The summed E-state index contributed by atoms with van der Waals surface area (Å²) >= 11 is 0. The zero-order valence-corrected chi connectivity index (χ0v) is 15.5. The Morgan fingerprint density at radius 1 is 1.25 bits per heavy atom. The first kappa shape index (κ1) is 18.5. The molecule has 6 heteroatoms.